The number of nitrogens with zero attached hydrogens (tertiary/aromatic N) is 2. The molecule has 5 heteroatoms. The lowest BCUT2D eigenvalue weighted by Crippen LogP contribution is -2.10. The summed E-state index contributed by atoms with van der Waals surface area (Å²) in [6.07, 6.45) is 7.07. The number of imidazole rings is 1. The van der Waals surface area contributed by atoms with Crippen LogP contribution in [0.4, 0.5) is 5.95 Å². The van der Waals surface area contributed by atoms with Crippen molar-refractivity contribution in [2.24, 2.45) is 0 Å². The van der Waals surface area contributed by atoms with Crippen LogP contribution in [0.25, 0.3) is 0 Å². The summed E-state index contributed by atoms with van der Waals surface area (Å²) in [5, 5.41) is 3.35. The first kappa shape index (κ1) is 14.2. The zero-order valence-electron chi connectivity index (χ0n) is 11.0. The van der Waals surface area contributed by atoms with Gasteiger partial charge in [-0.25, -0.2) is 4.98 Å². The fourth-order valence-corrected chi connectivity index (χ4v) is 2.21. The average Bonchev–Trinajstić information content (AvgIpc) is 2.59. The van der Waals surface area contributed by atoms with Crippen LogP contribution in [0.1, 0.15) is 31.9 Å². The quantitative estimate of drug-likeness (QED) is 0.726. The third kappa shape index (κ3) is 5.35. The topological polar surface area (TPSA) is 46.9 Å². The highest BCUT2D eigenvalue weighted by atomic mass is 32.2. The third-order valence-corrected chi connectivity index (χ3v) is 3.40. The second kappa shape index (κ2) is 7.48. The molecular weight excluding hydrogens is 234 g/mol. The molecule has 1 unspecified atom stereocenters. The Balaban J connectivity index is 2.48. The molecule has 0 aliphatic carbocycles. The number of aromatic nitrogens is 2. The fraction of sp³-hybridized carbons (Fsp3) is 0.750. The van der Waals surface area contributed by atoms with Gasteiger partial charge in [0.25, 0.3) is 0 Å². The highest BCUT2D eigenvalue weighted by Gasteiger charge is 2.04. The van der Waals surface area contributed by atoms with Crippen LogP contribution in [0.5, 0.6) is 0 Å². The molecule has 0 amide bonds. The molecule has 1 aromatic heterocycles. The van der Waals surface area contributed by atoms with Gasteiger partial charge in [-0.3, -0.25) is 4.21 Å². The maximum absolute atomic E-state index is 11.0. The van der Waals surface area contributed by atoms with Gasteiger partial charge in [0.05, 0.1) is 5.69 Å². The van der Waals surface area contributed by atoms with E-state index in [2.05, 4.69) is 21.8 Å². The van der Waals surface area contributed by atoms with Crippen molar-refractivity contribution in [1.82, 2.24) is 9.55 Å². The van der Waals surface area contributed by atoms with Gasteiger partial charge in [0.2, 0.25) is 5.95 Å². The zero-order valence-corrected chi connectivity index (χ0v) is 11.8. The second-order valence-electron chi connectivity index (χ2n) is 4.31. The van der Waals surface area contributed by atoms with Gasteiger partial charge in [-0.2, -0.15) is 0 Å². The SMILES string of the molecule is CCCCNc1nc(C)cn1CCCS(C)=O. The normalized spacial score (nSPS) is 12.6. The van der Waals surface area contributed by atoms with E-state index in [0.717, 1.165) is 43.3 Å². The molecule has 17 heavy (non-hydrogen) atoms. The Bertz CT molecular complexity index is 363. The number of unbranched alkanes of at least 4 members (excludes halogenated alkanes) is 1. The van der Waals surface area contributed by atoms with E-state index in [1.54, 1.807) is 6.26 Å². The van der Waals surface area contributed by atoms with Crippen molar-refractivity contribution in [3.8, 4) is 0 Å². The van der Waals surface area contributed by atoms with Crippen LogP contribution in [0, 0.1) is 6.92 Å². The van der Waals surface area contributed by atoms with Gasteiger partial charge in [-0.1, -0.05) is 13.3 Å². The Kier molecular flexibility index (Phi) is 6.26. The molecule has 0 spiro atoms. The van der Waals surface area contributed by atoms with Crippen LogP contribution in [-0.4, -0.2) is 32.3 Å². The molecule has 0 radical (unpaired) electrons. The minimum absolute atomic E-state index is 0.700. The molecule has 1 rings (SSSR count). The molecule has 1 heterocycles. The minimum atomic E-state index is -0.700. The van der Waals surface area contributed by atoms with E-state index in [-0.39, 0.29) is 0 Å². The van der Waals surface area contributed by atoms with Crippen molar-refractivity contribution < 1.29 is 4.21 Å². The van der Waals surface area contributed by atoms with E-state index in [1.807, 2.05) is 13.1 Å². The monoisotopic (exact) mass is 257 g/mol. The molecule has 0 fully saturated rings. The number of rotatable bonds is 8. The molecule has 1 atom stereocenters. The van der Waals surface area contributed by atoms with Gasteiger partial charge in [0.1, 0.15) is 0 Å². The Labute approximate surface area is 106 Å². The highest BCUT2D eigenvalue weighted by Crippen LogP contribution is 2.09. The second-order valence-corrected chi connectivity index (χ2v) is 5.87. The molecule has 0 aliphatic rings. The van der Waals surface area contributed by atoms with E-state index < -0.39 is 10.8 Å². The largest absolute Gasteiger partial charge is 0.356 e. The molecule has 4 nitrogen and oxygen atoms in total. The first-order valence-corrected chi connectivity index (χ1v) is 7.94. The molecular formula is C12H23N3OS. The van der Waals surface area contributed by atoms with E-state index in [0.29, 0.717) is 0 Å². The van der Waals surface area contributed by atoms with Crippen LogP contribution >= 0.6 is 0 Å². The first-order valence-electron chi connectivity index (χ1n) is 6.21. The van der Waals surface area contributed by atoms with Gasteiger partial charge in [-0.05, 0) is 19.8 Å². The number of nitrogens with one attached hydrogen (secondary N) is 1. The fourth-order valence-electron chi connectivity index (χ4n) is 1.67. The summed E-state index contributed by atoms with van der Waals surface area (Å²) in [5.74, 6) is 1.70. The third-order valence-electron chi connectivity index (χ3n) is 2.54. The van der Waals surface area contributed by atoms with E-state index in [4.69, 9.17) is 0 Å². The van der Waals surface area contributed by atoms with Crippen LogP contribution in [0.3, 0.4) is 0 Å². The van der Waals surface area contributed by atoms with Gasteiger partial charge in [-0.15, -0.1) is 0 Å². The molecule has 1 aromatic rings. The molecule has 0 aliphatic heterocycles. The summed E-state index contributed by atoms with van der Waals surface area (Å²) in [5.41, 5.74) is 1.03. The van der Waals surface area contributed by atoms with Crippen molar-refractivity contribution >= 4 is 16.7 Å². The predicted octanol–water partition coefficient (Wildman–Crippen LogP) is 2.17. The first-order chi connectivity index (χ1) is 8.13. The van der Waals surface area contributed by atoms with Crippen molar-refractivity contribution in [3.63, 3.8) is 0 Å². The van der Waals surface area contributed by atoms with Gasteiger partial charge in [0, 0.05) is 42.1 Å². The summed E-state index contributed by atoms with van der Waals surface area (Å²) < 4.78 is 13.1. The molecule has 0 saturated carbocycles. The van der Waals surface area contributed by atoms with Crippen molar-refractivity contribution in [3.05, 3.63) is 11.9 Å². The summed E-state index contributed by atoms with van der Waals surface area (Å²) in [6, 6.07) is 0. The van der Waals surface area contributed by atoms with Crippen molar-refractivity contribution in [2.75, 3.05) is 23.9 Å². The van der Waals surface area contributed by atoms with Crippen molar-refractivity contribution in [2.45, 2.75) is 39.7 Å². The van der Waals surface area contributed by atoms with E-state index >= 15 is 0 Å². The Morgan fingerprint density at radius 3 is 2.88 bits per heavy atom. The molecule has 98 valence electrons. The predicted molar refractivity (Wildman–Crippen MR) is 73.9 cm³/mol. The number of anilines is 1. The lowest BCUT2D eigenvalue weighted by atomic mass is 10.3. The highest BCUT2D eigenvalue weighted by molar-refractivity contribution is 7.84. The maximum atomic E-state index is 11.0. The summed E-state index contributed by atoms with van der Waals surface area (Å²) in [6.45, 7) is 6.02. The molecule has 0 aromatic carbocycles. The molecule has 1 N–H and O–H groups in total. The van der Waals surface area contributed by atoms with Crippen LogP contribution < -0.4 is 5.32 Å². The standard InChI is InChI=1S/C12H23N3OS/c1-4-5-7-13-12-14-11(2)10-15(12)8-6-9-17(3)16/h10H,4-9H2,1-3H3,(H,13,14). The Morgan fingerprint density at radius 1 is 1.47 bits per heavy atom. The van der Waals surface area contributed by atoms with Gasteiger partial charge >= 0.3 is 0 Å². The van der Waals surface area contributed by atoms with Crippen LogP contribution in [0.15, 0.2) is 6.20 Å². The Hall–Kier alpha value is -0.840. The lowest BCUT2D eigenvalue weighted by molar-refractivity contribution is 0.661. The number of hydrogen-bond donors (Lipinski definition) is 1. The van der Waals surface area contributed by atoms with Gasteiger partial charge in [0.15, 0.2) is 0 Å². The maximum Gasteiger partial charge on any atom is 0.203 e. The zero-order chi connectivity index (χ0) is 12.7. The summed E-state index contributed by atoms with van der Waals surface area (Å²) >= 11 is 0. The smallest absolute Gasteiger partial charge is 0.203 e. The van der Waals surface area contributed by atoms with Crippen LogP contribution in [-0.2, 0) is 17.3 Å². The number of hydrogen-bond acceptors (Lipinski definition) is 3. The van der Waals surface area contributed by atoms with Gasteiger partial charge < -0.3 is 9.88 Å². The average molecular weight is 257 g/mol. The van der Waals surface area contributed by atoms with Crippen molar-refractivity contribution in [1.29, 1.82) is 0 Å². The van der Waals surface area contributed by atoms with E-state index in [1.165, 1.54) is 6.42 Å². The molecule has 0 saturated heterocycles. The number of aryl methyl sites for hydroxylation is 2. The molecule has 0 bridgehead atoms. The lowest BCUT2D eigenvalue weighted by Gasteiger charge is -2.08. The minimum Gasteiger partial charge on any atom is -0.356 e. The van der Waals surface area contributed by atoms with E-state index in [9.17, 15) is 4.21 Å². The summed E-state index contributed by atoms with van der Waals surface area (Å²) in [4.78, 5) is 4.46. The summed E-state index contributed by atoms with van der Waals surface area (Å²) in [7, 11) is -0.700. The van der Waals surface area contributed by atoms with Crippen LogP contribution in [0.2, 0.25) is 0 Å². The Morgan fingerprint density at radius 2 is 2.24 bits per heavy atom.